The normalized spacial score (nSPS) is 13.3. The monoisotopic (exact) mass is 183 g/mol. The van der Waals surface area contributed by atoms with Gasteiger partial charge in [0.2, 0.25) is 0 Å². The summed E-state index contributed by atoms with van der Waals surface area (Å²) in [5.41, 5.74) is 1.35. The van der Waals surface area contributed by atoms with E-state index in [2.05, 4.69) is 32.7 Å². The first kappa shape index (κ1) is 12.7. The molecule has 0 aromatic rings. The fraction of sp³-hybridized carbons (Fsp3) is 0.833. The highest BCUT2D eigenvalue weighted by Crippen LogP contribution is 2.24. The molecule has 0 amide bonds. The highest BCUT2D eigenvalue weighted by Gasteiger charge is 2.12. The van der Waals surface area contributed by atoms with E-state index in [0.29, 0.717) is 0 Å². The highest BCUT2D eigenvalue weighted by molar-refractivity contribution is 4.97. The third-order valence-corrected chi connectivity index (χ3v) is 2.63. The number of nitrogens with one attached hydrogen (secondary N) is 1. The van der Waals surface area contributed by atoms with Gasteiger partial charge in [-0.3, -0.25) is 0 Å². The van der Waals surface area contributed by atoms with E-state index in [0.717, 1.165) is 18.4 Å². The molecule has 0 heterocycles. The van der Waals surface area contributed by atoms with Gasteiger partial charge in [0.25, 0.3) is 0 Å². The predicted octanol–water partition coefficient (Wildman–Crippen LogP) is 3.22. The Bertz CT molecular complexity index is 138. The molecule has 1 nitrogen and oxygen atoms in total. The van der Waals surface area contributed by atoms with Gasteiger partial charge >= 0.3 is 0 Å². The molecule has 1 unspecified atom stereocenters. The van der Waals surface area contributed by atoms with Crippen LogP contribution in [0.3, 0.4) is 0 Å². The summed E-state index contributed by atoms with van der Waals surface area (Å²) in [4.78, 5) is 0. The van der Waals surface area contributed by atoms with E-state index in [1.165, 1.54) is 24.8 Å². The van der Waals surface area contributed by atoms with Gasteiger partial charge in [-0.05, 0) is 45.2 Å². The molecule has 0 fully saturated rings. The number of hydrogen-bond donors (Lipinski definition) is 1. The Morgan fingerprint density at radius 3 is 2.31 bits per heavy atom. The fourth-order valence-electron chi connectivity index (χ4n) is 1.81. The second kappa shape index (κ2) is 7.14. The molecule has 1 heteroatoms. The molecule has 0 radical (unpaired) electrons. The Morgan fingerprint density at radius 1 is 1.31 bits per heavy atom. The molecular formula is C12H25N. The Balaban J connectivity index is 3.64. The lowest BCUT2D eigenvalue weighted by molar-refractivity contribution is 0.399. The number of hydrogen-bond acceptors (Lipinski definition) is 1. The molecule has 0 aliphatic rings. The molecule has 1 N–H and O–H groups in total. The Kier molecular flexibility index (Phi) is 6.97. The van der Waals surface area contributed by atoms with E-state index < -0.39 is 0 Å². The summed E-state index contributed by atoms with van der Waals surface area (Å²) in [6.07, 6.45) is 3.90. The van der Waals surface area contributed by atoms with Crippen molar-refractivity contribution in [2.45, 2.75) is 40.0 Å². The first-order valence-electron chi connectivity index (χ1n) is 5.39. The fourth-order valence-corrected chi connectivity index (χ4v) is 1.81. The van der Waals surface area contributed by atoms with Crippen molar-refractivity contribution in [3.8, 4) is 0 Å². The van der Waals surface area contributed by atoms with Crippen LogP contribution in [0.2, 0.25) is 0 Å². The molecule has 0 aliphatic carbocycles. The summed E-state index contributed by atoms with van der Waals surface area (Å²) in [5, 5.41) is 3.18. The summed E-state index contributed by atoms with van der Waals surface area (Å²) in [6, 6.07) is 0. The van der Waals surface area contributed by atoms with Crippen LogP contribution < -0.4 is 5.32 Å². The van der Waals surface area contributed by atoms with Gasteiger partial charge in [0.15, 0.2) is 0 Å². The van der Waals surface area contributed by atoms with E-state index in [9.17, 15) is 0 Å². The summed E-state index contributed by atoms with van der Waals surface area (Å²) in [6.45, 7) is 11.9. The molecule has 0 aliphatic heterocycles. The van der Waals surface area contributed by atoms with Crippen molar-refractivity contribution in [3.63, 3.8) is 0 Å². The second-order valence-electron chi connectivity index (χ2n) is 4.30. The minimum absolute atomic E-state index is 0.719. The molecule has 1 atom stereocenters. The first-order chi connectivity index (χ1) is 6.09. The number of allylic oxidation sites excluding steroid dienone is 1. The van der Waals surface area contributed by atoms with E-state index in [1.54, 1.807) is 0 Å². The van der Waals surface area contributed by atoms with Gasteiger partial charge < -0.3 is 5.32 Å². The van der Waals surface area contributed by atoms with Gasteiger partial charge in [0.1, 0.15) is 0 Å². The molecule has 0 saturated carbocycles. The summed E-state index contributed by atoms with van der Waals surface area (Å²) < 4.78 is 0. The lowest BCUT2D eigenvalue weighted by Gasteiger charge is -2.20. The van der Waals surface area contributed by atoms with Crippen LogP contribution in [0.4, 0.5) is 0 Å². The van der Waals surface area contributed by atoms with Crippen LogP contribution in [0.25, 0.3) is 0 Å². The zero-order valence-electron chi connectivity index (χ0n) is 9.69. The number of rotatable bonds is 7. The van der Waals surface area contributed by atoms with Crippen molar-refractivity contribution < 1.29 is 0 Å². The smallest absolute Gasteiger partial charge is 0.00519 e. The van der Waals surface area contributed by atoms with Crippen LogP contribution in [-0.4, -0.2) is 13.6 Å². The maximum atomic E-state index is 4.06. The minimum Gasteiger partial charge on any atom is -0.320 e. The third-order valence-electron chi connectivity index (χ3n) is 2.63. The van der Waals surface area contributed by atoms with Crippen molar-refractivity contribution in [1.82, 2.24) is 5.32 Å². The Labute approximate surface area is 83.6 Å². The van der Waals surface area contributed by atoms with Crippen molar-refractivity contribution in [2.75, 3.05) is 13.6 Å². The second-order valence-corrected chi connectivity index (χ2v) is 4.30. The summed E-state index contributed by atoms with van der Waals surface area (Å²) in [7, 11) is 2.01. The topological polar surface area (TPSA) is 12.0 Å². The zero-order valence-corrected chi connectivity index (χ0v) is 9.69. The van der Waals surface area contributed by atoms with Crippen LogP contribution >= 0.6 is 0 Å². The lowest BCUT2D eigenvalue weighted by Crippen LogP contribution is -2.12. The standard InChI is InChI=1S/C12H25N/c1-10(2)12(11(3)4)8-6-7-9-13-5/h11-13H,1,6-9H2,2-5H3. The minimum atomic E-state index is 0.719. The maximum absolute atomic E-state index is 4.06. The van der Waals surface area contributed by atoms with Crippen molar-refractivity contribution in [1.29, 1.82) is 0 Å². The first-order valence-corrected chi connectivity index (χ1v) is 5.39. The Hall–Kier alpha value is -0.300. The van der Waals surface area contributed by atoms with Crippen LogP contribution in [0.1, 0.15) is 40.0 Å². The molecule has 78 valence electrons. The largest absolute Gasteiger partial charge is 0.320 e. The predicted molar refractivity (Wildman–Crippen MR) is 60.9 cm³/mol. The average Bonchev–Trinajstić information content (AvgIpc) is 2.02. The molecule has 0 aromatic heterocycles. The molecular weight excluding hydrogens is 158 g/mol. The third kappa shape index (κ3) is 5.87. The molecule has 0 saturated heterocycles. The lowest BCUT2D eigenvalue weighted by atomic mass is 9.85. The molecule has 13 heavy (non-hydrogen) atoms. The maximum Gasteiger partial charge on any atom is -0.00519 e. The Morgan fingerprint density at radius 2 is 1.92 bits per heavy atom. The van der Waals surface area contributed by atoms with Crippen molar-refractivity contribution >= 4 is 0 Å². The number of unbranched alkanes of at least 4 members (excludes halogenated alkanes) is 1. The van der Waals surface area contributed by atoms with Crippen LogP contribution in [0.5, 0.6) is 0 Å². The van der Waals surface area contributed by atoms with Gasteiger partial charge in [-0.25, -0.2) is 0 Å². The van der Waals surface area contributed by atoms with Gasteiger partial charge in [-0.2, -0.15) is 0 Å². The summed E-state index contributed by atoms with van der Waals surface area (Å²) in [5.74, 6) is 1.46. The summed E-state index contributed by atoms with van der Waals surface area (Å²) >= 11 is 0. The SMILES string of the molecule is C=C(C)C(CCCCNC)C(C)C. The van der Waals surface area contributed by atoms with Gasteiger partial charge in [-0.1, -0.05) is 32.4 Å². The molecule has 0 rings (SSSR count). The van der Waals surface area contributed by atoms with E-state index in [-0.39, 0.29) is 0 Å². The van der Waals surface area contributed by atoms with E-state index >= 15 is 0 Å². The highest BCUT2D eigenvalue weighted by atomic mass is 14.8. The zero-order chi connectivity index (χ0) is 10.3. The average molecular weight is 183 g/mol. The van der Waals surface area contributed by atoms with E-state index in [4.69, 9.17) is 0 Å². The van der Waals surface area contributed by atoms with Gasteiger partial charge in [0, 0.05) is 0 Å². The van der Waals surface area contributed by atoms with Crippen LogP contribution in [-0.2, 0) is 0 Å². The molecule has 0 bridgehead atoms. The van der Waals surface area contributed by atoms with Gasteiger partial charge in [0.05, 0.1) is 0 Å². The van der Waals surface area contributed by atoms with Crippen molar-refractivity contribution in [3.05, 3.63) is 12.2 Å². The van der Waals surface area contributed by atoms with E-state index in [1.807, 2.05) is 7.05 Å². The van der Waals surface area contributed by atoms with Gasteiger partial charge in [-0.15, -0.1) is 0 Å². The van der Waals surface area contributed by atoms with Crippen LogP contribution in [0, 0.1) is 11.8 Å². The van der Waals surface area contributed by atoms with Crippen LogP contribution in [0.15, 0.2) is 12.2 Å². The molecule has 0 aromatic carbocycles. The molecule has 0 spiro atoms. The quantitative estimate of drug-likeness (QED) is 0.472. The van der Waals surface area contributed by atoms with Crippen molar-refractivity contribution in [2.24, 2.45) is 11.8 Å².